The summed E-state index contributed by atoms with van der Waals surface area (Å²) in [7, 11) is 0. The molecule has 0 fully saturated rings. The zero-order valence-corrected chi connectivity index (χ0v) is 14.4. The number of rotatable bonds is 3. The number of hydrogen-bond acceptors (Lipinski definition) is 0. The van der Waals surface area contributed by atoms with Crippen LogP contribution in [0, 0.1) is 27.7 Å². The first-order valence-electron chi connectivity index (χ1n) is 8.26. The van der Waals surface area contributed by atoms with Crippen molar-refractivity contribution < 1.29 is 0 Å². The van der Waals surface area contributed by atoms with Gasteiger partial charge in [-0.2, -0.15) is 0 Å². The lowest BCUT2D eigenvalue weighted by Gasteiger charge is -2.25. The fourth-order valence-electron chi connectivity index (χ4n) is 3.41. The fourth-order valence-corrected chi connectivity index (χ4v) is 3.41. The standard InChI is InChI=1S/C23H24/c1-16-12-9-15-22(19(16)4)23(20-13-7-5-10-17(20)2)21-14-8-6-11-18(21)3/h5-15,23H,1-4H3. The van der Waals surface area contributed by atoms with Crippen LogP contribution >= 0.6 is 0 Å². The van der Waals surface area contributed by atoms with Gasteiger partial charge >= 0.3 is 0 Å². The van der Waals surface area contributed by atoms with Crippen LogP contribution in [0.1, 0.15) is 44.9 Å². The van der Waals surface area contributed by atoms with E-state index >= 15 is 0 Å². The number of aryl methyl sites for hydroxylation is 3. The van der Waals surface area contributed by atoms with Gasteiger partial charge in [0.2, 0.25) is 0 Å². The summed E-state index contributed by atoms with van der Waals surface area (Å²) in [5.41, 5.74) is 9.65. The van der Waals surface area contributed by atoms with Crippen molar-refractivity contribution in [2.75, 3.05) is 0 Å². The highest BCUT2D eigenvalue weighted by Gasteiger charge is 2.21. The molecule has 0 unspecified atom stereocenters. The molecule has 0 saturated heterocycles. The maximum absolute atomic E-state index is 2.28. The van der Waals surface area contributed by atoms with Crippen LogP contribution in [-0.4, -0.2) is 0 Å². The Kier molecular flexibility index (Phi) is 4.34. The predicted octanol–water partition coefficient (Wildman–Crippen LogP) is 6.10. The minimum absolute atomic E-state index is 0.289. The summed E-state index contributed by atoms with van der Waals surface area (Å²) in [6.45, 7) is 8.87. The van der Waals surface area contributed by atoms with Crippen molar-refractivity contribution in [1.82, 2.24) is 0 Å². The Balaban J connectivity index is 2.29. The van der Waals surface area contributed by atoms with Crippen LogP contribution in [0.25, 0.3) is 0 Å². The fraction of sp³-hybridized carbons (Fsp3) is 0.217. The maximum Gasteiger partial charge on any atom is 0.0347 e. The monoisotopic (exact) mass is 300 g/mol. The van der Waals surface area contributed by atoms with Crippen molar-refractivity contribution >= 4 is 0 Å². The Hall–Kier alpha value is -2.34. The molecule has 0 amide bonds. The molecule has 3 aromatic carbocycles. The van der Waals surface area contributed by atoms with Gasteiger partial charge in [-0.15, -0.1) is 0 Å². The van der Waals surface area contributed by atoms with E-state index in [0.717, 1.165) is 0 Å². The van der Waals surface area contributed by atoms with E-state index in [1.165, 1.54) is 38.9 Å². The Bertz CT molecular complexity index is 781. The minimum Gasteiger partial charge on any atom is -0.0620 e. The molecule has 0 radical (unpaired) electrons. The van der Waals surface area contributed by atoms with Crippen LogP contribution in [-0.2, 0) is 0 Å². The molecule has 0 aliphatic rings. The van der Waals surface area contributed by atoms with Crippen LogP contribution in [0.4, 0.5) is 0 Å². The van der Waals surface area contributed by atoms with E-state index in [9.17, 15) is 0 Å². The summed E-state index contributed by atoms with van der Waals surface area (Å²) in [5, 5.41) is 0. The first-order valence-corrected chi connectivity index (χ1v) is 8.26. The topological polar surface area (TPSA) is 0 Å². The predicted molar refractivity (Wildman–Crippen MR) is 99.2 cm³/mol. The van der Waals surface area contributed by atoms with E-state index in [2.05, 4.69) is 94.4 Å². The van der Waals surface area contributed by atoms with Crippen molar-refractivity contribution in [3.05, 3.63) is 106 Å². The Morgan fingerprint density at radius 1 is 0.478 bits per heavy atom. The van der Waals surface area contributed by atoms with E-state index < -0.39 is 0 Å². The molecule has 3 aromatic rings. The van der Waals surface area contributed by atoms with E-state index in [4.69, 9.17) is 0 Å². The van der Waals surface area contributed by atoms with Crippen molar-refractivity contribution in [2.45, 2.75) is 33.6 Å². The smallest absolute Gasteiger partial charge is 0.0347 e. The molecule has 0 spiro atoms. The van der Waals surface area contributed by atoms with E-state index in [1.54, 1.807) is 0 Å². The molecule has 0 bridgehead atoms. The van der Waals surface area contributed by atoms with Gasteiger partial charge in [-0.25, -0.2) is 0 Å². The second-order valence-corrected chi connectivity index (χ2v) is 6.44. The Morgan fingerprint density at radius 2 is 0.913 bits per heavy atom. The summed E-state index contributed by atoms with van der Waals surface area (Å²) in [6, 6.07) is 24.2. The highest BCUT2D eigenvalue weighted by molar-refractivity contribution is 5.51. The van der Waals surface area contributed by atoms with Gasteiger partial charge in [0, 0.05) is 5.92 Å². The molecule has 0 N–H and O–H groups in total. The zero-order chi connectivity index (χ0) is 16.4. The lowest BCUT2D eigenvalue weighted by atomic mass is 9.79. The summed E-state index contributed by atoms with van der Waals surface area (Å²) in [5.74, 6) is 0.289. The molecule has 23 heavy (non-hydrogen) atoms. The van der Waals surface area contributed by atoms with E-state index in [0.29, 0.717) is 0 Å². The average Bonchev–Trinajstić information content (AvgIpc) is 2.55. The Morgan fingerprint density at radius 3 is 1.43 bits per heavy atom. The van der Waals surface area contributed by atoms with Gasteiger partial charge in [0.05, 0.1) is 0 Å². The van der Waals surface area contributed by atoms with E-state index in [1.807, 2.05) is 0 Å². The molecular formula is C23H24. The molecule has 0 nitrogen and oxygen atoms in total. The second kappa shape index (κ2) is 6.42. The number of benzene rings is 3. The minimum atomic E-state index is 0.289. The first-order chi connectivity index (χ1) is 11.1. The van der Waals surface area contributed by atoms with Gasteiger partial charge in [0.1, 0.15) is 0 Å². The molecule has 0 aliphatic heterocycles. The third-order valence-corrected chi connectivity index (χ3v) is 4.96. The first kappa shape index (κ1) is 15.6. The van der Waals surface area contributed by atoms with Crippen molar-refractivity contribution in [3.63, 3.8) is 0 Å². The summed E-state index contributed by atoms with van der Waals surface area (Å²) >= 11 is 0. The van der Waals surface area contributed by atoms with Gasteiger partial charge in [-0.05, 0) is 66.6 Å². The van der Waals surface area contributed by atoms with Gasteiger partial charge in [0.25, 0.3) is 0 Å². The lowest BCUT2D eigenvalue weighted by molar-refractivity contribution is 0.933. The van der Waals surface area contributed by atoms with Crippen LogP contribution in [0.15, 0.2) is 66.7 Å². The van der Waals surface area contributed by atoms with Crippen molar-refractivity contribution in [3.8, 4) is 0 Å². The van der Waals surface area contributed by atoms with Gasteiger partial charge in [-0.1, -0.05) is 66.7 Å². The highest BCUT2D eigenvalue weighted by Crippen LogP contribution is 2.37. The average molecular weight is 300 g/mol. The SMILES string of the molecule is Cc1ccccc1C(c1ccccc1C)c1cccc(C)c1C. The van der Waals surface area contributed by atoms with Crippen molar-refractivity contribution in [1.29, 1.82) is 0 Å². The molecule has 116 valence electrons. The van der Waals surface area contributed by atoms with Crippen LogP contribution in [0.3, 0.4) is 0 Å². The molecule has 3 rings (SSSR count). The molecule has 0 aromatic heterocycles. The molecule has 0 heterocycles. The zero-order valence-electron chi connectivity index (χ0n) is 14.4. The van der Waals surface area contributed by atoms with Crippen LogP contribution in [0.2, 0.25) is 0 Å². The van der Waals surface area contributed by atoms with Crippen LogP contribution < -0.4 is 0 Å². The van der Waals surface area contributed by atoms with Gasteiger partial charge < -0.3 is 0 Å². The third-order valence-electron chi connectivity index (χ3n) is 4.96. The third kappa shape index (κ3) is 2.94. The van der Waals surface area contributed by atoms with Gasteiger partial charge in [-0.3, -0.25) is 0 Å². The Labute approximate surface area is 139 Å². The van der Waals surface area contributed by atoms with E-state index in [-0.39, 0.29) is 5.92 Å². The number of hydrogen-bond donors (Lipinski definition) is 0. The van der Waals surface area contributed by atoms with Crippen LogP contribution in [0.5, 0.6) is 0 Å². The van der Waals surface area contributed by atoms with Gasteiger partial charge in [0.15, 0.2) is 0 Å². The molecule has 0 aliphatic carbocycles. The highest BCUT2D eigenvalue weighted by atomic mass is 14.2. The largest absolute Gasteiger partial charge is 0.0620 e. The second-order valence-electron chi connectivity index (χ2n) is 6.44. The summed E-state index contributed by atoms with van der Waals surface area (Å²) in [6.07, 6.45) is 0. The quantitative estimate of drug-likeness (QED) is 0.513. The maximum atomic E-state index is 2.28. The summed E-state index contributed by atoms with van der Waals surface area (Å²) in [4.78, 5) is 0. The summed E-state index contributed by atoms with van der Waals surface area (Å²) < 4.78 is 0. The molecular weight excluding hydrogens is 276 g/mol. The molecule has 0 heteroatoms. The normalized spacial score (nSPS) is 11.0. The molecule has 0 atom stereocenters. The molecule has 0 saturated carbocycles. The lowest BCUT2D eigenvalue weighted by Crippen LogP contribution is -2.09. The van der Waals surface area contributed by atoms with Crippen molar-refractivity contribution in [2.24, 2.45) is 0 Å².